The van der Waals surface area contributed by atoms with Crippen LogP contribution in [0.15, 0.2) is 42.6 Å². The molecule has 3 heterocycles. The fraction of sp³-hybridized carbons (Fsp3) is 0.370. The Kier molecular flexibility index (Phi) is 7.68. The second-order valence-electron chi connectivity index (χ2n) is 9.34. The number of rotatable bonds is 10. The molecule has 0 atom stereocenters. The Labute approximate surface area is 224 Å². The van der Waals surface area contributed by atoms with Crippen LogP contribution in [0.1, 0.15) is 45.7 Å². The van der Waals surface area contributed by atoms with Crippen LogP contribution in [0.4, 0.5) is 4.39 Å². The Bertz CT molecular complexity index is 1450. The van der Waals surface area contributed by atoms with Crippen molar-refractivity contribution in [1.29, 1.82) is 0 Å². The Morgan fingerprint density at radius 3 is 2.51 bits per heavy atom. The first-order valence-electron chi connectivity index (χ1n) is 12.7. The van der Waals surface area contributed by atoms with Crippen molar-refractivity contribution in [3.05, 3.63) is 70.7 Å². The zero-order valence-electron chi connectivity index (χ0n) is 21.6. The minimum atomic E-state index is -3.37. The molecule has 1 N–H and O–H groups in total. The molecule has 2 aliphatic rings. The molecule has 0 aliphatic carbocycles. The average molecular weight is 558 g/mol. The number of hydrogen-bond acceptors (Lipinski definition) is 8. The predicted octanol–water partition coefficient (Wildman–Crippen LogP) is 4.30. The molecule has 12 heteroatoms. The molecule has 2 aromatic carbocycles. The largest absolute Gasteiger partial charge is 0.505 e. The third-order valence-electron chi connectivity index (χ3n) is 6.75. The number of benzene rings is 2. The van der Waals surface area contributed by atoms with E-state index in [0.717, 1.165) is 0 Å². The normalized spacial score (nSPS) is 15.6. The van der Waals surface area contributed by atoms with Gasteiger partial charge in [0.25, 0.3) is 11.8 Å². The van der Waals surface area contributed by atoms with Crippen LogP contribution in [0.25, 0.3) is 10.9 Å². The average Bonchev–Trinajstić information content (AvgIpc) is 3.20. The summed E-state index contributed by atoms with van der Waals surface area (Å²) < 4.78 is 42.3. The summed E-state index contributed by atoms with van der Waals surface area (Å²) in [6.45, 7) is 4.67. The maximum absolute atomic E-state index is 13.8. The van der Waals surface area contributed by atoms with Gasteiger partial charge in [0, 0.05) is 43.3 Å². The van der Waals surface area contributed by atoms with Gasteiger partial charge in [0.15, 0.2) is 5.75 Å². The zero-order chi connectivity index (χ0) is 27.7. The summed E-state index contributed by atoms with van der Waals surface area (Å²) in [5.41, 5.74) is 1.65. The topological polar surface area (TPSA) is 118 Å². The number of phenols is 1. The molecule has 0 saturated carbocycles. The number of hydrogen-bond donors (Lipinski definition) is 1. The van der Waals surface area contributed by atoms with Gasteiger partial charge < -0.3 is 28.7 Å². The molecule has 206 valence electrons. The minimum absolute atomic E-state index is 0.0503. The number of likely N-dealkylation sites (tertiary alicyclic amines) is 1. The number of fused-ring (bicyclic) bond motifs is 2. The van der Waals surface area contributed by atoms with E-state index in [0.29, 0.717) is 22.1 Å². The first kappa shape index (κ1) is 27.2. The van der Waals surface area contributed by atoms with E-state index in [2.05, 4.69) is 4.98 Å². The van der Waals surface area contributed by atoms with Crippen LogP contribution in [0.3, 0.4) is 0 Å². The second-order valence-corrected chi connectivity index (χ2v) is 11.3. The van der Waals surface area contributed by atoms with Crippen molar-refractivity contribution in [2.75, 3.05) is 32.7 Å². The van der Waals surface area contributed by atoms with E-state index in [1.807, 2.05) is 0 Å². The van der Waals surface area contributed by atoms with Crippen molar-refractivity contribution < 1.29 is 37.4 Å². The molecule has 0 bridgehead atoms. The molecule has 1 aromatic heterocycles. The number of halogens is 1. The highest BCUT2D eigenvalue weighted by atomic mass is 31.2. The number of aromatic hydroxyl groups is 1. The minimum Gasteiger partial charge on any atom is -0.505 e. The molecule has 2 aliphatic heterocycles. The zero-order valence-corrected chi connectivity index (χ0v) is 22.5. The van der Waals surface area contributed by atoms with Gasteiger partial charge in [-0.3, -0.25) is 19.1 Å². The number of carbonyl (C=O) groups excluding carboxylic acids is 2. The quantitative estimate of drug-likeness (QED) is 0.367. The number of pyridine rings is 1. The van der Waals surface area contributed by atoms with Crippen LogP contribution in [0, 0.1) is 5.82 Å². The first-order chi connectivity index (χ1) is 18.7. The highest BCUT2D eigenvalue weighted by molar-refractivity contribution is 7.53. The van der Waals surface area contributed by atoms with Crippen LogP contribution < -0.4 is 0 Å². The third-order valence-corrected chi connectivity index (χ3v) is 8.52. The van der Waals surface area contributed by atoms with Crippen molar-refractivity contribution in [3.8, 4) is 5.75 Å². The van der Waals surface area contributed by atoms with Crippen LogP contribution >= 0.6 is 7.60 Å². The fourth-order valence-electron chi connectivity index (χ4n) is 4.91. The van der Waals surface area contributed by atoms with Crippen LogP contribution in [0.5, 0.6) is 5.75 Å². The lowest BCUT2D eigenvalue weighted by atomic mass is 9.94. The Morgan fingerprint density at radius 2 is 1.85 bits per heavy atom. The van der Waals surface area contributed by atoms with Gasteiger partial charge >= 0.3 is 7.60 Å². The van der Waals surface area contributed by atoms with Crippen LogP contribution in [-0.4, -0.2) is 70.5 Å². The number of phenolic OH excluding ortho intramolecular Hbond substituents is 1. The van der Waals surface area contributed by atoms with E-state index in [1.165, 1.54) is 23.2 Å². The summed E-state index contributed by atoms with van der Waals surface area (Å²) in [4.78, 5) is 34.5. The fourth-order valence-corrected chi connectivity index (χ4v) is 6.31. The lowest BCUT2D eigenvalue weighted by Gasteiger charge is -2.39. The monoisotopic (exact) mass is 557 g/mol. The third kappa shape index (κ3) is 5.27. The summed E-state index contributed by atoms with van der Waals surface area (Å²) in [5.74, 6) is -1.40. The van der Waals surface area contributed by atoms with Gasteiger partial charge in [-0.05, 0) is 37.6 Å². The highest BCUT2D eigenvalue weighted by Crippen LogP contribution is 2.48. The summed E-state index contributed by atoms with van der Waals surface area (Å²) in [6.07, 6.45) is 0.922. The maximum atomic E-state index is 13.8. The summed E-state index contributed by atoms with van der Waals surface area (Å²) >= 11 is 0. The van der Waals surface area contributed by atoms with Crippen LogP contribution in [0.2, 0.25) is 0 Å². The van der Waals surface area contributed by atoms with Gasteiger partial charge in [0.1, 0.15) is 17.7 Å². The maximum Gasteiger partial charge on any atom is 0.356 e. The van der Waals surface area contributed by atoms with Gasteiger partial charge in [-0.2, -0.15) is 0 Å². The molecule has 0 unspecified atom stereocenters. The summed E-state index contributed by atoms with van der Waals surface area (Å²) in [7, 11) is -3.37. The number of ether oxygens (including phenoxy) is 1. The SMILES string of the molecule is CCOP(=O)(COC1CN(C(=O)c2c3c(c(O)c4ncccc24)C(=O)N(Cc2ccc(F)cc2)C3)C1)OCC. The number of amides is 2. The van der Waals surface area contributed by atoms with E-state index in [1.54, 1.807) is 43.0 Å². The summed E-state index contributed by atoms with van der Waals surface area (Å²) in [5, 5.41) is 11.4. The van der Waals surface area contributed by atoms with Gasteiger partial charge in [-0.1, -0.05) is 18.2 Å². The van der Waals surface area contributed by atoms with Crippen molar-refractivity contribution >= 4 is 30.3 Å². The summed E-state index contributed by atoms with van der Waals surface area (Å²) in [6, 6.07) is 9.17. The lowest BCUT2D eigenvalue weighted by molar-refractivity contribution is -0.0321. The molecule has 39 heavy (non-hydrogen) atoms. The molecule has 0 spiro atoms. The lowest BCUT2D eigenvalue weighted by Crippen LogP contribution is -2.55. The molecule has 1 saturated heterocycles. The van der Waals surface area contributed by atoms with Crippen molar-refractivity contribution in [3.63, 3.8) is 0 Å². The number of aromatic nitrogens is 1. The molecule has 0 radical (unpaired) electrons. The van der Waals surface area contributed by atoms with E-state index in [-0.39, 0.29) is 80.4 Å². The highest BCUT2D eigenvalue weighted by Gasteiger charge is 2.40. The van der Waals surface area contributed by atoms with Crippen molar-refractivity contribution in [2.24, 2.45) is 0 Å². The van der Waals surface area contributed by atoms with Gasteiger partial charge in [0.2, 0.25) is 0 Å². The Morgan fingerprint density at radius 1 is 1.15 bits per heavy atom. The van der Waals surface area contributed by atoms with E-state index >= 15 is 0 Å². The van der Waals surface area contributed by atoms with Gasteiger partial charge in [0.05, 0.1) is 30.4 Å². The smallest absolute Gasteiger partial charge is 0.356 e. The van der Waals surface area contributed by atoms with Crippen LogP contribution in [-0.2, 0) is 31.4 Å². The molecule has 2 amide bonds. The number of nitrogens with zero attached hydrogens (tertiary/aromatic N) is 3. The molecule has 10 nitrogen and oxygen atoms in total. The van der Waals surface area contributed by atoms with Gasteiger partial charge in [-0.25, -0.2) is 4.39 Å². The molecular weight excluding hydrogens is 528 g/mol. The second kappa shape index (κ2) is 11.0. The molecule has 1 fully saturated rings. The predicted molar refractivity (Wildman–Crippen MR) is 140 cm³/mol. The van der Waals surface area contributed by atoms with E-state index in [4.69, 9.17) is 13.8 Å². The molecule has 5 rings (SSSR count). The van der Waals surface area contributed by atoms with Crippen molar-refractivity contribution in [2.45, 2.75) is 33.0 Å². The van der Waals surface area contributed by atoms with E-state index < -0.39 is 13.5 Å². The van der Waals surface area contributed by atoms with Crippen molar-refractivity contribution in [1.82, 2.24) is 14.8 Å². The Hall–Kier alpha value is -3.37. The number of carbonyl (C=O) groups is 2. The van der Waals surface area contributed by atoms with E-state index in [9.17, 15) is 23.7 Å². The molecule has 3 aromatic rings. The van der Waals surface area contributed by atoms with Gasteiger partial charge in [-0.15, -0.1) is 0 Å². The molecular formula is C27H29FN3O7P. The Balaban J connectivity index is 1.38. The standard InChI is InChI=1S/C27H29FN3O7P/c1-3-37-39(35,38-4-2)16-36-19-13-31(14-19)26(33)22-20-6-5-11-29-24(20)25(32)23-21(22)15-30(27(23)34)12-17-7-9-18(28)10-8-17/h5-11,19,32H,3-4,12-16H2,1-2H3. The first-order valence-corrected chi connectivity index (χ1v) is 14.4.